The maximum atomic E-state index is 4.12. The minimum atomic E-state index is 0.793. The summed E-state index contributed by atoms with van der Waals surface area (Å²) in [6.07, 6.45) is 6.83. The molecular weight excluding hydrogens is 347 g/mol. The highest BCUT2D eigenvalue weighted by molar-refractivity contribution is 14.1. The van der Waals surface area contributed by atoms with E-state index in [2.05, 4.69) is 53.6 Å². The minimum Gasteiger partial charge on any atom is -0.244 e. The van der Waals surface area contributed by atoms with Crippen molar-refractivity contribution in [2.75, 3.05) is 0 Å². The molecule has 0 unspecified atom stereocenters. The van der Waals surface area contributed by atoms with Crippen LogP contribution in [0.5, 0.6) is 0 Å². The molecule has 66 valence electrons. The van der Waals surface area contributed by atoms with Crippen LogP contribution in [0.25, 0.3) is 5.82 Å². The van der Waals surface area contributed by atoms with Crippen molar-refractivity contribution in [3.05, 3.63) is 33.0 Å². The quantitative estimate of drug-likeness (QED) is 0.739. The smallest absolute Gasteiger partial charge is 0.169 e. The van der Waals surface area contributed by atoms with Gasteiger partial charge in [-0.25, -0.2) is 14.6 Å². The van der Waals surface area contributed by atoms with Gasteiger partial charge in [0.1, 0.15) is 6.33 Å². The van der Waals surface area contributed by atoms with E-state index in [9.17, 15) is 0 Å². The van der Waals surface area contributed by atoms with E-state index in [0.717, 1.165) is 13.9 Å². The number of hydrogen-bond acceptors (Lipinski definition) is 3. The topological polar surface area (TPSA) is 43.6 Å². The normalized spacial score (nSPS) is 10.3. The van der Waals surface area contributed by atoms with E-state index in [1.54, 1.807) is 17.1 Å². The van der Waals surface area contributed by atoms with Gasteiger partial charge < -0.3 is 0 Å². The number of hydrogen-bond donors (Lipinski definition) is 0. The second-order valence-corrected chi connectivity index (χ2v) is 4.38. The highest BCUT2D eigenvalue weighted by atomic mass is 127. The molecule has 0 aromatic carbocycles. The Morgan fingerprint density at radius 1 is 1.38 bits per heavy atom. The van der Waals surface area contributed by atoms with Crippen LogP contribution in [0.4, 0.5) is 0 Å². The molecule has 0 amide bonds. The zero-order chi connectivity index (χ0) is 9.26. The Labute approximate surface area is 96.7 Å². The summed E-state index contributed by atoms with van der Waals surface area (Å²) in [6.45, 7) is 0. The van der Waals surface area contributed by atoms with Gasteiger partial charge in [-0.15, -0.1) is 0 Å². The summed E-state index contributed by atoms with van der Waals surface area (Å²) < 4.78 is 3.60. The first kappa shape index (κ1) is 9.07. The lowest BCUT2D eigenvalue weighted by Gasteiger charge is -2.00. The van der Waals surface area contributed by atoms with Crippen molar-refractivity contribution in [3.8, 4) is 5.82 Å². The molecular formula is C7H4BrIN4. The Morgan fingerprint density at radius 2 is 2.23 bits per heavy atom. The average molecular weight is 351 g/mol. The number of halogens is 2. The van der Waals surface area contributed by atoms with Crippen molar-refractivity contribution in [2.45, 2.75) is 0 Å². The monoisotopic (exact) mass is 350 g/mol. The fourth-order valence-corrected chi connectivity index (χ4v) is 1.72. The van der Waals surface area contributed by atoms with Gasteiger partial charge in [-0.2, -0.15) is 5.10 Å². The largest absolute Gasteiger partial charge is 0.244 e. The predicted molar refractivity (Wildman–Crippen MR) is 59.6 cm³/mol. The van der Waals surface area contributed by atoms with E-state index in [0.29, 0.717) is 0 Å². The maximum Gasteiger partial charge on any atom is 0.169 e. The highest BCUT2D eigenvalue weighted by Crippen LogP contribution is 2.14. The molecule has 0 bridgehead atoms. The molecule has 2 rings (SSSR count). The molecule has 0 saturated carbocycles. The minimum absolute atomic E-state index is 0.793. The molecule has 2 aromatic rings. The molecule has 0 atom stereocenters. The second kappa shape index (κ2) is 3.70. The van der Waals surface area contributed by atoms with Crippen molar-refractivity contribution in [3.63, 3.8) is 0 Å². The fraction of sp³-hybridized carbons (Fsp3) is 0. The SMILES string of the molecule is Brc1cnn(-c2ncncc2I)c1. The Kier molecular flexibility index (Phi) is 2.58. The zero-order valence-corrected chi connectivity index (χ0v) is 10.1. The third kappa shape index (κ3) is 1.88. The van der Waals surface area contributed by atoms with Crippen LogP contribution in [0.2, 0.25) is 0 Å². The van der Waals surface area contributed by atoms with Gasteiger partial charge in [-0.1, -0.05) is 0 Å². The lowest BCUT2D eigenvalue weighted by molar-refractivity contribution is 0.832. The van der Waals surface area contributed by atoms with Gasteiger partial charge in [0.2, 0.25) is 0 Å². The van der Waals surface area contributed by atoms with Crippen LogP contribution in [-0.2, 0) is 0 Å². The molecule has 0 radical (unpaired) electrons. The van der Waals surface area contributed by atoms with Gasteiger partial charge in [-0.05, 0) is 38.5 Å². The summed E-state index contributed by atoms with van der Waals surface area (Å²) in [7, 11) is 0. The summed E-state index contributed by atoms with van der Waals surface area (Å²) in [5, 5.41) is 4.12. The van der Waals surface area contributed by atoms with E-state index >= 15 is 0 Å². The van der Waals surface area contributed by atoms with Crippen molar-refractivity contribution >= 4 is 38.5 Å². The number of aromatic nitrogens is 4. The van der Waals surface area contributed by atoms with E-state index in [1.807, 2.05) is 6.20 Å². The lowest BCUT2D eigenvalue weighted by Crippen LogP contribution is -2.00. The van der Waals surface area contributed by atoms with Gasteiger partial charge in [0.05, 0.1) is 14.2 Å². The summed E-state index contributed by atoms with van der Waals surface area (Å²) in [5.41, 5.74) is 0. The van der Waals surface area contributed by atoms with Gasteiger partial charge in [0.25, 0.3) is 0 Å². The molecule has 0 N–H and O–H groups in total. The van der Waals surface area contributed by atoms with Gasteiger partial charge in [0.15, 0.2) is 5.82 Å². The molecule has 2 aromatic heterocycles. The van der Waals surface area contributed by atoms with Crippen LogP contribution >= 0.6 is 38.5 Å². The van der Waals surface area contributed by atoms with Crippen molar-refractivity contribution < 1.29 is 0 Å². The highest BCUT2D eigenvalue weighted by Gasteiger charge is 2.03. The standard InChI is InChI=1S/C7H4BrIN4/c8-5-1-12-13(3-5)7-6(9)2-10-4-11-7/h1-4H. The Morgan fingerprint density at radius 3 is 2.85 bits per heavy atom. The fourth-order valence-electron chi connectivity index (χ4n) is 0.891. The Balaban J connectivity index is 2.52. The summed E-state index contributed by atoms with van der Waals surface area (Å²) in [6, 6.07) is 0. The van der Waals surface area contributed by atoms with Crippen LogP contribution in [0.3, 0.4) is 0 Å². The summed E-state index contributed by atoms with van der Waals surface area (Å²) in [5.74, 6) is 0.793. The molecule has 0 spiro atoms. The Bertz CT molecular complexity index is 428. The first-order valence-electron chi connectivity index (χ1n) is 3.43. The summed E-state index contributed by atoms with van der Waals surface area (Å²) >= 11 is 5.50. The maximum absolute atomic E-state index is 4.12. The van der Waals surface area contributed by atoms with Gasteiger partial charge in [0, 0.05) is 12.4 Å². The third-order valence-electron chi connectivity index (χ3n) is 1.42. The molecule has 6 heteroatoms. The van der Waals surface area contributed by atoms with Crippen LogP contribution in [0, 0.1) is 3.57 Å². The number of rotatable bonds is 1. The van der Waals surface area contributed by atoms with Crippen LogP contribution in [-0.4, -0.2) is 19.7 Å². The number of nitrogens with zero attached hydrogens (tertiary/aromatic N) is 4. The van der Waals surface area contributed by atoms with Crippen molar-refractivity contribution in [2.24, 2.45) is 0 Å². The predicted octanol–water partition coefficient (Wildman–Crippen LogP) is 2.03. The molecule has 0 fully saturated rings. The molecule has 4 nitrogen and oxygen atoms in total. The van der Waals surface area contributed by atoms with Gasteiger partial charge >= 0.3 is 0 Å². The van der Waals surface area contributed by atoms with E-state index in [-0.39, 0.29) is 0 Å². The van der Waals surface area contributed by atoms with Crippen LogP contribution < -0.4 is 0 Å². The molecule has 13 heavy (non-hydrogen) atoms. The van der Waals surface area contributed by atoms with Crippen molar-refractivity contribution in [1.29, 1.82) is 0 Å². The summed E-state index contributed by atoms with van der Waals surface area (Å²) in [4.78, 5) is 8.03. The van der Waals surface area contributed by atoms with Gasteiger partial charge in [-0.3, -0.25) is 0 Å². The van der Waals surface area contributed by atoms with Crippen LogP contribution in [0.1, 0.15) is 0 Å². The molecule has 2 heterocycles. The van der Waals surface area contributed by atoms with E-state index < -0.39 is 0 Å². The third-order valence-corrected chi connectivity index (χ3v) is 2.59. The van der Waals surface area contributed by atoms with E-state index in [4.69, 9.17) is 0 Å². The van der Waals surface area contributed by atoms with Crippen molar-refractivity contribution in [1.82, 2.24) is 19.7 Å². The zero-order valence-electron chi connectivity index (χ0n) is 6.35. The molecule has 0 aliphatic rings. The van der Waals surface area contributed by atoms with E-state index in [1.165, 1.54) is 6.33 Å². The molecule has 0 saturated heterocycles. The lowest BCUT2D eigenvalue weighted by atomic mass is 10.6. The first-order valence-corrected chi connectivity index (χ1v) is 5.30. The Hall–Kier alpha value is -0.500. The second-order valence-electron chi connectivity index (χ2n) is 2.30. The molecule has 0 aliphatic carbocycles. The first-order chi connectivity index (χ1) is 6.27. The molecule has 0 aliphatic heterocycles. The average Bonchev–Trinajstić information content (AvgIpc) is 2.53. The van der Waals surface area contributed by atoms with Crippen LogP contribution in [0.15, 0.2) is 29.4 Å².